The first-order chi connectivity index (χ1) is 21.4. The Hall–Kier alpha value is -4.76. The van der Waals surface area contributed by atoms with E-state index in [4.69, 9.17) is 16.0 Å². The molecule has 45 heavy (non-hydrogen) atoms. The molecule has 3 aliphatic rings. The summed E-state index contributed by atoms with van der Waals surface area (Å²) in [4.78, 5) is 56.8. The number of nitrogens with two attached hydrogens (primary N) is 2. The van der Waals surface area contributed by atoms with Crippen LogP contribution >= 0.6 is 0 Å². The maximum atomic E-state index is 13.4. The van der Waals surface area contributed by atoms with Crippen LogP contribution in [0.15, 0.2) is 45.7 Å². The number of carbonyl (C=O) groups excluding carboxylic acids is 3. The second kappa shape index (κ2) is 11.3. The maximum absolute atomic E-state index is 13.4. The van der Waals surface area contributed by atoms with Crippen LogP contribution in [-0.2, 0) is 23.1 Å². The Kier molecular flexibility index (Phi) is 7.61. The molecule has 12 heteroatoms. The number of carbonyl (C=O) groups is 3. The fourth-order valence-corrected chi connectivity index (χ4v) is 7.44. The molecule has 0 unspecified atom stereocenters. The van der Waals surface area contributed by atoms with E-state index in [2.05, 4.69) is 16.4 Å². The molecular weight excluding hydrogens is 574 g/mol. The number of fused-ring (bicyclic) bond motifs is 3. The van der Waals surface area contributed by atoms with E-state index in [9.17, 15) is 24.4 Å². The third kappa shape index (κ3) is 5.21. The largest absolute Gasteiger partial charge is 0.459 e. The summed E-state index contributed by atoms with van der Waals surface area (Å²) < 4.78 is 7.14. The van der Waals surface area contributed by atoms with E-state index in [0.29, 0.717) is 42.1 Å². The Labute approximate surface area is 260 Å². The maximum Gasteiger partial charge on any atom is 0.459 e. The molecule has 2 aromatic carbocycles. The van der Waals surface area contributed by atoms with Crippen LogP contribution in [0, 0.1) is 17.2 Å². The Bertz CT molecular complexity index is 1740. The van der Waals surface area contributed by atoms with Gasteiger partial charge in [0, 0.05) is 23.2 Å². The summed E-state index contributed by atoms with van der Waals surface area (Å²) in [7, 11) is 0. The van der Waals surface area contributed by atoms with Crippen molar-refractivity contribution in [2.24, 2.45) is 17.4 Å². The lowest BCUT2D eigenvalue weighted by Crippen LogP contribution is -2.47. The number of hydrogen-bond acceptors (Lipinski definition) is 8. The lowest BCUT2D eigenvalue weighted by Gasteiger charge is -2.38. The minimum atomic E-state index is -1.11. The Balaban J connectivity index is 1.49. The van der Waals surface area contributed by atoms with Gasteiger partial charge in [0.1, 0.15) is 6.04 Å². The number of nitrogens with one attached hydrogen (secondary N) is 1. The van der Waals surface area contributed by atoms with E-state index in [1.54, 1.807) is 29.2 Å². The quantitative estimate of drug-likeness (QED) is 0.327. The van der Waals surface area contributed by atoms with Gasteiger partial charge in [-0.25, -0.2) is 4.79 Å². The fraction of sp³-hybridized carbons (Fsp3) is 0.455. The molecule has 3 amide bonds. The molecule has 3 aromatic rings. The minimum absolute atomic E-state index is 0.0371. The van der Waals surface area contributed by atoms with E-state index in [-0.39, 0.29) is 30.6 Å². The summed E-state index contributed by atoms with van der Waals surface area (Å²) in [5.74, 6) is -1.22. The first-order valence-electron chi connectivity index (χ1n) is 15.4. The van der Waals surface area contributed by atoms with Crippen molar-refractivity contribution in [3.63, 3.8) is 0 Å². The van der Waals surface area contributed by atoms with Crippen molar-refractivity contribution in [1.29, 1.82) is 5.26 Å². The van der Waals surface area contributed by atoms with Crippen LogP contribution in [0.1, 0.15) is 94.9 Å². The first-order valence-corrected chi connectivity index (χ1v) is 15.4. The van der Waals surface area contributed by atoms with Crippen molar-refractivity contribution in [3.05, 3.63) is 86.2 Å². The van der Waals surface area contributed by atoms with Gasteiger partial charge in [-0.05, 0) is 105 Å². The predicted octanol–water partition coefficient (Wildman–Crippen LogP) is 1.93. The highest BCUT2D eigenvalue weighted by Gasteiger charge is 2.54. The number of benzene rings is 2. The number of rotatable bonds is 9. The van der Waals surface area contributed by atoms with Crippen molar-refractivity contribution in [2.45, 2.75) is 82.5 Å². The Morgan fingerprint density at radius 2 is 1.64 bits per heavy atom. The highest BCUT2D eigenvalue weighted by atomic mass is 16.5. The summed E-state index contributed by atoms with van der Waals surface area (Å²) in [5, 5.41) is 13.0. The van der Waals surface area contributed by atoms with E-state index in [1.807, 2.05) is 32.9 Å². The lowest BCUT2D eigenvalue weighted by molar-refractivity contribution is -0.131. The molecule has 4 atom stereocenters. The molecule has 12 nitrogen and oxygen atoms in total. The summed E-state index contributed by atoms with van der Waals surface area (Å²) >= 11 is 0. The van der Waals surface area contributed by atoms with Gasteiger partial charge < -0.3 is 26.2 Å². The monoisotopic (exact) mass is 611 g/mol. The molecule has 6 rings (SSSR count). The van der Waals surface area contributed by atoms with Crippen LogP contribution < -0.4 is 22.5 Å². The highest BCUT2D eigenvalue weighted by molar-refractivity contribution is 5.94. The molecule has 0 radical (unpaired) electrons. The van der Waals surface area contributed by atoms with E-state index in [0.717, 1.165) is 35.1 Å². The topological polar surface area (TPSA) is 190 Å². The predicted molar refractivity (Wildman–Crippen MR) is 163 cm³/mol. The molecule has 1 saturated heterocycles. The molecule has 234 valence electrons. The van der Waals surface area contributed by atoms with Gasteiger partial charge >= 0.3 is 5.76 Å². The van der Waals surface area contributed by atoms with Crippen molar-refractivity contribution < 1.29 is 18.9 Å². The van der Waals surface area contributed by atoms with Crippen LogP contribution in [0.5, 0.6) is 0 Å². The molecule has 0 bridgehead atoms. The van der Waals surface area contributed by atoms with Crippen LogP contribution in [0.4, 0.5) is 0 Å². The number of piperidine rings is 1. The number of nitriles is 1. The number of hydrogen-bond donors (Lipinski definition) is 3. The molecule has 5 N–H and O–H groups in total. The molecule has 1 aromatic heterocycles. The Morgan fingerprint density at radius 1 is 1.04 bits per heavy atom. The number of aromatic nitrogens is 2. The van der Waals surface area contributed by atoms with Crippen LogP contribution in [0.3, 0.4) is 0 Å². The first kappa shape index (κ1) is 30.3. The third-order valence-electron chi connectivity index (χ3n) is 9.55. The van der Waals surface area contributed by atoms with Gasteiger partial charge in [0.15, 0.2) is 5.82 Å². The Morgan fingerprint density at radius 3 is 2.18 bits per heavy atom. The molecule has 2 fully saturated rings. The van der Waals surface area contributed by atoms with Gasteiger partial charge in [0.25, 0.3) is 0 Å². The number of nitrogens with zero attached hydrogens (tertiary/aromatic N) is 4. The summed E-state index contributed by atoms with van der Waals surface area (Å²) in [6, 6.07) is 12.0. The number of likely N-dealkylation sites (tertiary alicyclic amines) is 1. The van der Waals surface area contributed by atoms with Crippen molar-refractivity contribution in [2.75, 3.05) is 6.54 Å². The lowest BCUT2D eigenvalue weighted by atomic mass is 9.67. The van der Waals surface area contributed by atoms with Crippen LogP contribution in [0.2, 0.25) is 0 Å². The van der Waals surface area contributed by atoms with Crippen molar-refractivity contribution in [1.82, 2.24) is 19.9 Å². The van der Waals surface area contributed by atoms with E-state index in [1.165, 1.54) is 4.74 Å². The average Bonchev–Trinajstić information content (AvgIpc) is 3.53. The smallest absolute Gasteiger partial charge is 0.366 e. The molecule has 2 aliphatic carbocycles. The molecular formula is C33H37N7O5. The highest BCUT2D eigenvalue weighted by Crippen LogP contribution is 2.49. The standard InChI is InChI=1S/C33H37N7O5/c1-17(2)40-31(38-32(44)45-40)33(14-18(3)37-16-28(41)39-24(15-34)12-23-13-27(23)39)25-8-6-21(29(35)42)10-19(25)4-5-20-11-22(30(36)43)7-9-26(20)33/h6-11,17-18,23-24,27,37H,4-5,12-14,16H2,1-3H3,(H2,35,42)(H2,36,43)/t18-,23+,24-,27-/m0/s1. The number of primary amides is 2. The normalized spacial score (nSPS) is 21.7. The van der Waals surface area contributed by atoms with Gasteiger partial charge in [-0.1, -0.05) is 12.1 Å². The van der Waals surface area contributed by atoms with Gasteiger partial charge in [-0.15, -0.1) is 0 Å². The zero-order valence-electron chi connectivity index (χ0n) is 25.6. The number of aryl methyl sites for hydroxylation is 2. The molecule has 1 aliphatic heterocycles. The van der Waals surface area contributed by atoms with Gasteiger partial charge in [0.2, 0.25) is 17.7 Å². The minimum Gasteiger partial charge on any atom is -0.366 e. The second-order valence-electron chi connectivity index (χ2n) is 12.8. The van der Waals surface area contributed by atoms with Crippen molar-refractivity contribution >= 4 is 17.7 Å². The summed E-state index contributed by atoms with van der Waals surface area (Å²) in [6.07, 6.45) is 3.03. The zero-order chi connectivity index (χ0) is 32.2. The van der Waals surface area contributed by atoms with Crippen molar-refractivity contribution in [3.8, 4) is 6.07 Å². The summed E-state index contributed by atoms with van der Waals surface area (Å²) in [6.45, 7) is 5.77. The zero-order valence-corrected chi connectivity index (χ0v) is 25.6. The third-order valence-corrected chi connectivity index (χ3v) is 9.55. The SMILES string of the molecule is CC(C)n1oc(=O)nc1C1(C[C@H](C)NCC(=O)N2[C@H](C#N)C[C@@H]3C[C@@H]32)c2ccc(C(N)=O)cc2CCc2cc(C(N)=O)ccc21. The van der Waals surface area contributed by atoms with Gasteiger partial charge in [-0.3, -0.25) is 14.4 Å². The fourth-order valence-electron chi connectivity index (χ4n) is 7.44. The van der Waals surface area contributed by atoms with Crippen LogP contribution in [0.25, 0.3) is 0 Å². The molecule has 1 saturated carbocycles. The average molecular weight is 612 g/mol. The van der Waals surface area contributed by atoms with Gasteiger partial charge in [-0.2, -0.15) is 15.0 Å². The number of amides is 3. The second-order valence-corrected chi connectivity index (χ2v) is 12.8. The molecule has 0 spiro atoms. The van der Waals surface area contributed by atoms with Gasteiger partial charge in [0.05, 0.1) is 24.1 Å². The van der Waals surface area contributed by atoms with E-state index < -0.39 is 29.0 Å². The van der Waals surface area contributed by atoms with E-state index >= 15 is 0 Å². The van der Waals surface area contributed by atoms with Crippen LogP contribution in [-0.4, -0.2) is 57.0 Å². The molecule has 2 heterocycles. The summed E-state index contributed by atoms with van der Waals surface area (Å²) in [5.41, 5.74) is 14.2.